The Morgan fingerprint density at radius 3 is 2.56 bits per heavy atom. The van der Waals surface area contributed by atoms with E-state index < -0.39 is 10.0 Å². The number of rotatable bonds is 8. The molecule has 2 atom stereocenters. The molecule has 108 valence electrons. The first-order chi connectivity index (χ1) is 8.39. The fourth-order valence-corrected chi connectivity index (χ4v) is 4.05. The summed E-state index contributed by atoms with van der Waals surface area (Å²) in [5.74, 6) is 0.915. The van der Waals surface area contributed by atoms with Crippen LogP contribution in [0.4, 0.5) is 0 Å². The molecule has 0 spiro atoms. The van der Waals surface area contributed by atoms with Crippen molar-refractivity contribution in [2.45, 2.75) is 65.0 Å². The highest BCUT2D eigenvalue weighted by molar-refractivity contribution is 7.89. The summed E-state index contributed by atoms with van der Waals surface area (Å²) in [6, 6.07) is 0.195. The standard InChI is InChI=1S/C13H28N2O2S/c1-11(2)6-4-7-12(3)15-18(16,17)10-13-8-5-9-14-13/h11-15H,4-10H2,1-3H3. The van der Waals surface area contributed by atoms with Gasteiger partial charge in [-0.25, -0.2) is 13.1 Å². The minimum atomic E-state index is -3.13. The molecule has 0 saturated carbocycles. The first kappa shape index (κ1) is 15.9. The summed E-state index contributed by atoms with van der Waals surface area (Å²) in [6.07, 6.45) is 5.24. The van der Waals surface area contributed by atoms with Crippen molar-refractivity contribution >= 4 is 10.0 Å². The van der Waals surface area contributed by atoms with Gasteiger partial charge in [0.05, 0.1) is 5.75 Å². The van der Waals surface area contributed by atoms with Gasteiger partial charge in [0.15, 0.2) is 0 Å². The lowest BCUT2D eigenvalue weighted by molar-refractivity contribution is 0.486. The maximum absolute atomic E-state index is 11.9. The van der Waals surface area contributed by atoms with E-state index in [-0.39, 0.29) is 17.8 Å². The molecule has 0 aromatic heterocycles. The molecule has 0 aromatic carbocycles. The summed E-state index contributed by atoms with van der Waals surface area (Å²) < 4.78 is 26.7. The van der Waals surface area contributed by atoms with Crippen LogP contribution in [0.15, 0.2) is 0 Å². The Morgan fingerprint density at radius 1 is 1.28 bits per heavy atom. The normalized spacial score (nSPS) is 22.6. The van der Waals surface area contributed by atoms with Gasteiger partial charge >= 0.3 is 0 Å². The zero-order valence-corrected chi connectivity index (χ0v) is 12.7. The number of sulfonamides is 1. The maximum Gasteiger partial charge on any atom is 0.213 e. The Morgan fingerprint density at radius 2 is 2.00 bits per heavy atom. The van der Waals surface area contributed by atoms with Crippen LogP contribution in [0, 0.1) is 5.92 Å². The minimum absolute atomic E-state index is 0.0511. The minimum Gasteiger partial charge on any atom is -0.313 e. The van der Waals surface area contributed by atoms with E-state index in [1.165, 1.54) is 0 Å². The van der Waals surface area contributed by atoms with Gasteiger partial charge in [0.1, 0.15) is 0 Å². The number of hydrogen-bond donors (Lipinski definition) is 2. The van der Waals surface area contributed by atoms with E-state index in [1.54, 1.807) is 0 Å². The second kappa shape index (κ2) is 7.46. The lowest BCUT2D eigenvalue weighted by Gasteiger charge is -2.17. The topological polar surface area (TPSA) is 58.2 Å². The van der Waals surface area contributed by atoms with Gasteiger partial charge in [-0.15, -0.1) is 0 Å². The highest BCUT2D eigenvalue weighted by atomic mass is 32.2. The molecular formula is C13H28N2O2S. The Labute approximate surface area is 112 Å². The molecule has 4 nitrogen and oxygen atoms in total. The van der Waals surface area contributed by atoms with E-state index in [1.807, 2.05) is 6.92 Å². The second-order valence-corrected chi connectivity index (χ2v) is 7.72. The van der Waals surface area contributed by atoms with Gasteiger partial charge in [-0.2, -0.15) is 0 Å². The van der Waals surface area contributed by atoms with Gasteiger partial charge in [0.2, 0.25) is 10.0 Å². The fourth-order valence-electron chi connectivity index (χ4n) is 2.41. The molecule has 0 aliphatic carbocycles. The van der Waals surface area contributed by atoms with E-state index in [9.17, 15) is 8.42 Å². The zero-order valence-electron chi connectivity index (χ0n) is 11.9. The molecule has 1 fully saturated rings. The lowest BCUT2D eigenvalue weighted by atomic mass is 10.0. The molecule has 0 radical (unpaired) electrons. The van der Waals surface area contributed by atoms with E-state index in [2.05, 4.69) is 23.9 Å². The molecule has 0 amide bonds. The summed E-state index contributed by atoms with van der Waals surface area (Å²) in [6.45, 7) is 7.30. The van der Waals surface area contributed by atoms with Crippen molar-refractivity contribution in [3.05, 3.63) is 0 Å². The van der Waals surface area contributed by atoms with Crippen molar-refractivity contribution in [3.8, 4) is 0 Å². The summed E-state index contributed by atoms with van der Waals surface area (Å²) in [5, 5.41) is 3.22. The molecule has 18 heavy (non-hydrogen) atoms. The highest BCUT2D eigenvalue weighted by Crippen LogP contribution is 2.10. The van der Waals surface area contributed by atoms with Crippen LogP contribution in [-0.2, 0) is 10.0 Å². The molecule has 1 rings (SSSR count). The Bertz CT molecular complexity index is 322. The van der Waals surface area contributed by atoms with E-state index >= 15 is 0 Å². The van der Waals surface area contributed by atoms with Crippen LogP contribution in [0.2, 0.25) is 0 Å². The zero-order chi connectivity index (χ0) is 13.6. The van der Waals surface area contributed by atoms with Crippen LogP contribution in [0.3, 0.4) is 0 Å². The summed E-state index contributed by atoms with van der Waals surface area (Å²) in [7, 11) is -3.13. The number of nitrogens with one attached hydrogen (secondary N) is 2. The monoisotopic (exact) mass is 276 g/mol. The molecule has 0 aromatic rings. The van der Waals surface area contributed by atoms with Crippen molar-refractivity contribution in [1.82, 2.24) is 10.0 Å². The average Bonchev–Trinajstić information content (AvgIpc) is 2.67. The van der Waals surface area contributed by atoms with Crippen molar-refractivity contribution in [2.24, 2.45) is 5.92 Å². The molecule has 1 heterocycles. The van der Waals surface area contributed by atoms with Gasteiger partial charge in [0.25, 0.3) is 0 Å². The molecule has 1 aliphatic heterocycles. The van der Waals surface area contributed by atoms with Crippen molar-refractivity contribution in [3.63, 3.8) is 0 Å². The van der Waals surface area contributed by atoms with Gasteiger partial charge in [0, 0.05) is 12.1 Å². The van der Waals surface area contributed by atoms with Crippen molar-refractivity contribution in [2.75, 3.05) is 12.3 Å². The summed E-state index contributed by atoms with van der Waals surface area (Å²) in [5.41, 5.74) is 0. The highest BCUT2D eigenvalue weighted by Gasteiger charge is 2.23. The predicted molar refractivity (Wildman–Crippen MR) is 76.1 cm³/mol. The van der Waals surface area contributed by atoms with Crippen LogP contribution in [0.5, 0.6) is 0 Å². The summed E-state index contributed by atoms with van der Waals surface area (Å²) in [4.78, 5) is 0. The van der Waals surface area contributed by atoms with Crippen molar-refractivity contribution in [1.29, 1.82) is 0 Å². The van der Waals surface area contributed by atoms with Crippen LogP contribution in [0.25, 0.3) is 0 Å². The lowest BCUT2D eigenvalue weighted by Crippen LogP contribution is -2.40. The predicted octanol–water partition coefficient (Wildman–Crippen LogP) is 1.87. The Balaban J connectivity index is 2.25. The molecule has 2 N–H and O–H groups in total. The Hall–Kier alpha value is -0.130. The quantitative estimate of drug-likeness (QED) is 0.711. The average molecular weight is 276 g/mol. The third kappa shape index (κ3) is 6.71. The van der Waals surface area contributed by atoms with Crippen LogP contribution >= 0.6 is 0 Å². The van der Waals surface area contributed by atoms with Crippen LogP contribution in [0.1, 0.15) is 52.9 Å². The van der Waals surface area contributed by atoms with E-state index in [4.69, 9.17) is 0 Å². The van der Waals surface area contributed by atoms with Gasteiger partial charge in [-0.3, -0.25) is 0 Å². The van der Waals surface area contributed by atoms with Gasteiger partial charge in [-0.05, 0) is 38.6 Å². The third-order valence-corrected chi connectivity index (χ3v) is 4.99. The van der Waals surface area contributed by atoms with Gasteiger partial charge in [-0.1, -0.05) is 26.7 Å². The van der Waals surface area contributed by atoms with E-state index in [0.717, 1.165) is 38.6 Å². The smallest absolute Gasteiger partial charge is 0.213 e. The van der Waals surface area contributed by atoms with Crippen molar-refractivity contribution < 1.29 is 8.42 Å². The van der Waals surface area contributed by atoms with Crippen LogP contribution in [-0.4, -0.2) is 32.8 Å². The third-order valence-electron chi connectivity index (χ3n) is 3.38. The summed E-state index contributed by atoms with van der Waals surface area (Å²) >= 11 is 0. The molecule has 1 saturated heterocycles. The maximum atomic E-state index is 11.9. The second-order valence-electron chi connectivity index (χ2n) is 5.92. The molecule has 1 aliphatic rings. The molecule has 2 unspecified atom stereocenters. The van der Waals surface area contributed by atoms with E-state index in [0.29, 0.717) is 5.92 Å². The number of hydrogen-bond acceptors (Lipinski definition) is 3. The Kier molecular flexibility index (Phi) is 6.60. The first-order valence-electron chi connectivity index (χ1n) is 7.12. The fraction of sp³-hybridized carbons (Fsp3) is 1.00. The molecule has 0 bridgehead atoms. The van der Waals surface area contributed by atoms with Gasteiger partial charge < -0.3 is 5.32 Å². The molecular weight excluding hydrogens is 248 g/mol. The SMILES string of the molecule is CC(C)CCCC(C)NS(=O)(=O)CC1CCCN1. The first-order valence-corrected chi connectivity index (χ1v) is 8.77. The largest absolute Gasteiger partial charge is 0.313 e. The molecule has 5 heteroatoms. The van der Waals surface area contributed by atoms with Crippen LogP contribution < -0.4 is 10.0 Å².